The first-order valence-corrected chi connectivity index (χ1v) is 10.0. The SMILES string of the molecule is COc1c(O)cc2oc(-c3ccc(O)cc3)c(O[C@@H]3O[C@H](C(=O)O)[C@@H](O)C(O)C3O)c(=O)c2c1O. The van der Waals surface area contributed by atoms with Gasteiger partial charge in [-0.05, 0) is 24.3 Å². The number of aliphatic hydroxyl groups is 3. The summed E-state index contributed by atoms with van der Waals surface area (Å²) in [6, 6.07) is 6.21. The van der Waals surface area contributed by atoms with E-state index in [1.807, 2.05) is 0 Å². The highest BCUT2D eigenvalue weighted by Crippen LogP contribution is 2.43. The van der Waals surface area contributed by atoms with Crippen LogP contribution >= 0.6 is 0 Å². The van der Waals surface area contributed by atoms with E-state index in [-0.39, 0.29) is 22.7 Å². The molecule has 0 saturated carbocycles. The van der Waals surface area contributed by atoms with Crippen molar-refractivity contribution < 1.29 is 59.2 Å². The van der Waals surface area contributed by atoms with Crippen molar-refractivity contribution in [3.05, 3.63) is 40.6 Å². The zero-order chi connectivity index (χ0) is 25.6. The van der Waals surface area contributed by atoms with E-state index in [9.17, 15) is 45.3 Å². The number of carboxylic acid groups (broad SMARTS) is 1. The maximum absolute atomic E-state index is 13.4. The standard InChI is InChI=1S/C22H20O13/c1-32-18-9(24)6-10-11(12(18)25)13(26)19(17(33-10)7-2-4-8(23)5-3-7)34-22-16(29)14(27)15(28)20(35-22)21(30)31/h2-6,14-16,20,22-25,27-29H,1H3,(H,30,31)/t14?,15-,16?,20-,22+/m0/s1. The molecule has 2 heterocycles. The molecule has 2 aromatic carbocycles. The van der Waals surface area contributed by atoms with Gasteiger partial charge < -0.3 is 54.4 Å². The van der Waals surface area contributed by atoms with Crippen molar-refractivity contribution in [3.8, 4) is 40.1 Å². The van der Waals surface area contributed by atoms with Crippen LogP contribution in [0.15, 0.2) is 39.5 Å². The molecule has 0 amide bonds. The Morgan fingerprint density at radius 1 is 0.971 bits per heavy atom. The minimum Gasteiger partial charge on any atom is -0.508 e. The topological polar surface area (TPSA) is 217 Å². The van der Waals surface area contributed by atoms with Crippen molar-refractivity contribution in [1.29, 1.82) is 0 Å². The fraction of sp³-hybridized carbons (Fsp3) is 0.273. The second kappa shape index (κ2) is 8.96. The molecule has 0 radical (unpaired) electrons. The summed E-state index contributed by atoms with van der Waals surface area (Å²) in [6.07, 6.45) is -9.97. The fourth-order valence-electron chi connectivity index (χ4n) is 3.66. The van der Waals surface area contributed by atoms with Gasteiger partial charge in [0.2, 0.25) is 23.2 Å². The van der Waals surface area contributed by atoms with Gasteiger partial charge in [-0.3, -0.25) is 4.79 Å². The molecule has 3 aromatic rings. The van der Waals surface area contributed by atoms with Crippen molar-refractivity contribution >= 4 is 16.9 Å². The molecule has 1 fully saturated rings. The van der Waals surface area contributed by atoms with Gasteiger partial charge in [-0.1, -0.05) is 0 Å². The maximum Gasteiger partial charge on any atom is 0.335 e. The minimum atomic E-state index is -2.01. The van der Waals surface area contributed by atoms with Crippen molar-refractivity contribution in [2.24, 2.45) is 0 Å². The molecule has 1 aliphatic heterocycles. The van der Waals surface area contributed by atoms with E-state index in [1.165, 1.54) is 24.3 Å². The van der Waals surface area contributed by atoms with Gasteiger partial charge in [-0.15, -0.1) is 0 Å². The Kier molecular flexibility index (Phi) is 6.17. The van der Waals surface area contributed by atoms with Crippen LogP contribution in [0.2, 0.25) is 0 Å². The highest BCUT2D eigenvalue weighted by molar-refractivity contribution is 5.91. The van der Waals surface area contributed by atoms with Gasteiger partial charge in [0, 0.05) is 11.6 Å². The number of phenolic OH excluding ortho intramolecular Hbond substituents is 3. The van der Waals surface area contributed by atoms with E-state index < -0.39 is 70.5 Å². The van der Waals surface area contributed by atoms with E-state index in [4.69, 9.17) is 18.6 Å². The lowest BCUT2D eigenvalue weighted by atomic mass is 9.99. The largest absolute Gasteiger partial charge is 0.508 e. The minimum absolute atomic E-state index is 0.119. The van der Waals surface area contributed by atoms with Crippen LogP contribution < -0.4 is 14.9 Å². The Bertz CT molecular complexity index is 1330. The molecule has 13 heteroatoms. The van der Waals surface area contributed by atoms with E-state index in [2.05, 4.69) is 0 Å². The monoisotopic (exact) mass is 492 g/mol. The van der Waals surface area contributed by atoms with Gasteiger partial charge in [0.15, 0.2) is 23.4 Å². The van der Waals surface area contributed by atoms with Gasteiger partial charge in [-0.25, -0.2) is 4.79 Å². The normalized spacial score (nSPS) is 24.3. The highest BCUT2D eigenvalue weighted by Gasteiger charge is 2.48. The number of phenols is 3. The van der Waals surface area contributed by atoms with E-state index >= 15 is 0 Å². The molecule has 0 spiro atoms. The Labute approximate surface area is 195 Å². The molecule has 1 aromatic heterocycles. The number of methoxy groups -OCH3 is 1. The number of fused-ring (bicyclic) bond motifs is 1. The van der Waals surface area contributed by atoms with Crippen LogP contribution in [0.5, 0.6) is 28.7 Å². The lowest BCUT2D eigenvalue weighted by Gasteiger charge is -2.38. The molecule has 1 saturated heterocycles. The number of carbonyl (C=O) groups is 1. The number of benzene rings is 2. The predicted octanol–water partition coefficient (Wildman–Crippen LogP) is -0.144. The predicted molar refractivity (Wildman–Crippen MR) is 114 cm³/mol. The number of aliphatic carboxylic acids is 1. The number of rotatable bonds is 5. The summed E-state index contributed by atoms with van der Waals surface area (Å²) in [5.41, 5.74) is -1.16. The molecule has 2 unspecified atom stereocenters. The fourth-order valence-corrected chi connectivity index (χ4v) is 3.66. The molecule has 35 heavy (non-hydrogen) atoms. The van der Waals surface area contributed by atoms with Gasteiger partial charge in [0.1, 0.15) is 35.0 Å². The quantitative estimate of drug-likeness (QED) is 0.247. The molecule has 0 aliphatic carbocycles. The second-order valence-corrected chi connectivity index (χ2v) is 7.64. The Morgan fingerprint density at radius 2 is 1.63 bits per heavy atom. The molecule has 0 bridgehead atoms. The summed E-state index contributed by atoms with van der Waals surface area (Å²) in [4.78, 5) is 24.9. The van der Waals surface area contributed by atoms with Gasteiger partial charge >= 0.3 is 5.97 Å². The van der Waals surface area contributed by atoms with Crippen molar-refractivity contribution in [3.63, 3.8) is 0 Å². The highest BCUT2D eigenvalue weighted by atomic mass is 16.7. The third-order valence-corrected chi connectivity index (χ3v) is 5.43. The van der Waals surface area contributed by atoms with Crippen LogP contribution in [0.25, 0.3) is 22.3 Å². The lowest BCUT2D eigenvalue weighted by Crippen LogP contribution is -2.61. The summed E-state index contributed by atoms with van der Waals surface area (Å²) in [5.74, 6) is -4.55. The number of aliphatic hydroxyl groups excluding tert-OH is 3. The zero-order valence-electron chi connectivity index (χ0n) is 17.9. The maximum atomic E-state index is 13.4. The molecule has 5 atom stereocenters. The Morgan fingerprint density at radius 3 is 2.23 bits per heavy atom. The Hall–Kier alpha value is -4.04. The van der Waals surface area contributed by atoms with Gasteiger partial charge in [-0.2, -0.15) is 0 Å². The van der Waals surface area contributed by atoms with E-state index in [0.29, 0.717) is 0 Å². The van der Waals surface area contributed by atoms with E-state index in [0.717, 1.165) is 13.2 Å². The third kappa shape index (κ3) is 4.06. The Balaban J connectivity index is 1.93. The van der Waals surface area contributed by atoms with Gasteiger partial charge in [0.05, 0.1) is 7.11 Å². The summed E-state index contributed by atoms with van der Waals surface area (Å²) >= 11 is 0. The summed E-state index contributed by atoms with van der Waals surface area (Å²) in [5, 5.41) is 69.3. The van der Waals surface area contributed by atoms with Crippen molar-refractivity contribution in [2.45, 2.75) is 30.7 Å². The molecule has 4 rings (SSSR count). The summed E-state index contributed by atoms with van der Waals surface area (Å²) < 4.78 is 21.2. The van der Waals surface area contributed by atoms with Crippen LogP contribution in [0.4, 0.5) is 0 Å². The first-order valence-electron chi connectivity index (χ1n) is 10.0. The van der Waals surface area contributed by atoms with Crippen LogP contribution in [-0.2, 0) is 9.53 Å². The smallest absolute Gasteiger partial charge is 0.335 e. The number of carboxylic acids is 1. The average Bonchev–Trinajstić information content (AvgIpc) is 2.81. The van der Waals surface area contributed by atoms with Crippen molar-refractivity contribution in [2.75, 3.05) is 7.11 Å². The second-order valence-electron chi connectivity index (χ2n) is 7.64. The molecule has 7 N–H and O–H groups in total. The van der Waals surface area contributed by atoms with Crippen molar-refractivity contribution in [1.82, 2.24) is 0 Å². The molecule has 186 valence electrons. The van der Waals surface area contributed by atoms with Crippen LogP contribution in [0, 0.1) is 0 Å². The zero-order valence-corrected chi connectivity index (χ0v) is 17.9. The molecule has 1 aliphatic rings. The van der Waals surface area contributed by atoms with Crippen LogP contribution in [0.1, 0.15) is 0 Å². The number of hydrogen-bond acceptors (Lipinski definition) is 12. The third-order valence-electron chi connectivity index (χ3n) is 5.43. The average molecular weight is 492 g/mol. The van der Waals surface area contributed by atoms with Crippen LogP contribution in [-0.4, -0.2) is 79.5 Å². The molecular formula is C22H20O13. The number of hydrogen-bond donors (Lipinski definition) is 7. The first kappa shape index (κ1) is 24.1. The lowest BCUT2D eigenvalue weighted by molar-refractivity contribution is -0.271. The number of aromatic hydroxyl groups is 3. The summed E-state index contributed by atoms with van der Waals surface area (Å²) in [7, 11) is 1.13. The molecule has 13 nitrogen and oxygen atoms in total. The van der Waals surface area contributed by atoms with Crippen LogP contribution in [0.3, 0.4) is 0 Å². The molecular weight excluding hydrogens is 472 g/mol. The number of ether oxygens (including phenoxy) is 3. The van der Waals surface area contributed by atoms with E-state index in [1.54, 1.807) is 0 Å². The van der Waals surface area contributed by atoms with Gasteiger partial charge in [0.25, 0.3) is 0 Å². The first-order chi connectivity index (χ1) is 16.5. The summed E-state index contributed by atoms with van der Waals surface area (Å²) in [6.45, 7) is 0.